The Morgan fingerprint density at radius 3 is 2.90 bits per heavy atom. The lowest BCUT2D eigenvalue weighted by molar-refractivity contribution is -0.130. The van der Waals surface area contributed by atoms with Gasteiger partial charge >= 0.3 is 0 Å². The number of aryl methyl sites for hydroxylation is 2. The molecule has 1 aliphatic heterocycles. The van der Waals surface area contributed by atoms with Crippen molar-refractivity contribution in [3.05, 3.63) is 47.0 Å². The van der Waals surface area contributed by atoms with Crippen molar-refractivity contribution in [1.82, 2.24) is 19.4 Å². The van der Waals surface area contributed by atoms with Crippen LogP contribution >= 0.6 is 11.3 Å². The van der Waals surface area contributed by atoms with E-state index in [2.05, 4.69) is 27.4 Å². The lowest BCUT2D eigenvalue weighted by Gasteiger charge is -2.27. The van der Waals surface area contributed by atoms with E-state index in [-0.39, 0.29) is 5.91 Å². The number of benzene rings is 1. The van der Waals surface area contributed by atoms with Crippen LogP contribution in [-0.4, -0.2) is 38.4 Å². The van der Waals surface area contributed by atoms with Gasteiger partial charge in [0.25, 0.3) is 0 Å². The van der Waals surface area contributed by atoms with Crippen LogP contribution in [-0.2, 0) is 17.8 Å². The molecule has 1 aromatic carbocycles. The van der Waals surface area contributed by atoms with Crippen molar-refractivity contribution in [3.8, 4) is 0 Å². The Kier molecular flexibility index (Phi) is 5.12. The maximum Gasteiger partial charge on any atom is 0.222 e. The normalized spacial score (nSPS) is 19.8. The molecular formula is C23H28N4OS. The molecule has 0 spiro atoms. The summed E-state index contributed by atoms with van der Waals surface area (Å²) in [5.41, 5.74) is 2.30. The third kappa shape index (κ3) is 3.82. The molecule has 29 heavy (non-hydrogen) atoms. The summed E-state index contributed by atoms with van der Waals surface area (Å²) in [7, 11) is 0. The largest absolute Gasteiger partial charge is 0.342 e. The third-order valence-corrected chi connectivity index (χ3v) is 7.62. The molecule has 6 heteroatoms. The Balaban J connectivity index is 1.16. The van der Waals surface area contributed by atoms with Gasteiger partial charge in [0.1, 0.15) is 5.82 Å². The smallest absolute Gasteiger partial charge is 0.222 e. The van der Waals surface area contributed by atoms with Crippen LogP contribution in [0.1, 0.15) is 54.5 Å². The number of imidazole rings is 1. The van der Waals surface area contributed by atoms with Crippen LogP contribution in [0.15, 0.2) is 30.5 Å². The van der Waals surface area contributed by atoms with Crippen molar-refractivity contribution in [2.24, 2.45) is 5.92 Å². The first kappa shape index (κ1) is 18.8. The molecule has 2 aliphatic rings. The molecule has 1 unspecified atom stereocenters. The summed E-state index contributed by atoms with van der Waals surface area (Å²) in [5, 5.41) is 1.06. The van der Waals surface area contributed by atoms with Gasteiger partial charge in [-0.3, -0.25) is 4.79 Å². The Morgan fingerprint density at radius 1 is 1.24 bits per heavy atom. The number of nitrogens with zero attached hydrogens (tertiary/aromatic N) is 4. The number of hydrogen-bond acceptors (Lipinski definition) is 4. The quantitative estimate of drug-likeness (QED) is 0.601. The van der Waals surface area contributed by atoms with Gasteiger partial charge in [-0.25, -0.2) is 9.97 Å². The average molecular weight is 409 g/mol. The highest BCUT2D eigenvalue weighted by atomic mass is 32.1. The standard InChI is InChI=1S/C23H28N4OS/c1-16-13-24-23(18-5-4-6-18)27(16)15-17-11-12-26(14-17)22(28)10-9-21-25-19-7-2-3-8-20(19)29-21/h2-3,7-8,13,17-18H,4-6,9-12,14-15H2,1H3. The number of likely N-dealkylation sites (tertiary alicyclic amines) is 1. The molecule has 1 saturated heterocycles. The van der Waals surface area contributed by atoms with Crippen LogP contribution < -0.4 is 0 Å². The van der Waals surface area contributed by atoms with Crippen molar-refractivity contribution in [2.45, 2.75) is 57.9 Å². The number of amides is 1. The number of aromatic nitrogens is 3. The zero-order valence-electron chi connectivity index (χ0n) is 17.0. The minimum atomic E-state index is 0.272. The van der Waals surface area contributed by atoms with E-state index in [0.717, 1.165) is 43.0 Å². The van der Waals surface area contributed by atoms with Crippen LogP contribution in [0.5, 0.6) is 0 Å². The molecule has 1 atom stereocenters. The van der Waals surface area contributed by atoms with Gasteiger partial charge in [0.05, 0.1) is 15.2 Å². The van der Waals surface area contributed by atoms with E-state index in [4.69, 9.17) is 4.98 Å². The summed E-state index contributed by atoms with van der Waals surface area (Å²) < 4.78 is 3.62. The summed E-state index contributed by atoms with van der Waals surface area (Å²) in [5.74, 6) is 2.73. The van der Waals surface area contributed by atoms with E-state index < -0.39 is 0 Å². The van der Waals surface area contributed by atoms with Crippen molar-refractivity contribution >= 4 is 27.5 Å². The fourth-order valence-corrected chi connectivity index (χ4v) is 5.54. The highest BCUT2D eigenvalue weighted by molar-refractivity contribution is 7.18. The number of carbonyl (C=O) groups excluding carboxylic acids is 1. The summed E-state index contributed by atoms with van der Waals surface area (Å²) in [4.78, 5) is 24.2. The second kappa shape index (κ2) is 7.90. The van der Waals surface area contributed by atoms with Gasteiger partial charge in [0.15, 0.2) is 0 Å². The fourth-order valence-electron chi connectivity index (χ4n) is 4.57. The molecule has 0 bridgehead atoms. The Labute approximate surface area is 175 Å². The number of rotatable bonds is 6. The van der Waals surface area contributed by atoms with Gasteiger partial charge in [0, 0.05) is 50.3 Å². The molecule has 3 aromatic rings. The molecule has 5 rings (SSSR count). The molecule has 1 aliphatic carbocycles. The van der Waals surface area contributed by atoms with Crippen LogP contribution in [0.2, 0.25) is 0 Å². The first-order chi connectivity index (χ1) is 14.2. The van der Waals surface area contributed by atoms with E-state index in [9.17, 15) is 4.79 Å². The van der Waals surface area contributed by atoms with E-state index in [1.165, 1.54) is 35.5 Å². The monoisotopic (exact) mass is 408 g/mol. The number of para-hydroxylation sites is 1. The SMILES string of the molecule is Cc1cnc(C2CCC2)n1CC1CCN(C(=O)CCc2nc3ccccc3s2)C1. The van der Waals surface area contributed by atoms with Crippen molar-refractivity contribution in [2.75, 3.05) is 13.1 Å². The summed E-state index contributed by atoms with van der Waals surface area (Å²) >= 11 is 1.71. The van der Waals surface area contributed by atoms with Gasteiger partial charge in [-0.15, -0.1) is 11.3 Å². The van der Waals surface area contributed by atoms with Crippen molar-refractivity contribution in [1.29, 1.82) is 0 Å². The van der Waals surface area contributed by atoms with Crippen LogP contribution in [0.3, 0.4) is 0 Å². The van der Waals surface area contributed by atoms with Gasteiger partial charge in [-0.05, 0) is 44.2 Å². The minimum absolute atomic E-state index is 0.272. The topological polar surface area (TPSA) is 51.0 Å². The second-order valence-electron chi connectivity index (χ2n) is 8.57. The molecule has 2 fully saturated rings. The Morgan fingerprint density at radius 2 is 2.10 bits per heavy atom. The van der Waals surface area contributed by atoms with Crippen LogP contribution in [0.4, 0.5) is 0 Å². The summed E-state index contributed by atoms with van der Waals surface area (Å²) in [6, 6.07) is 8.19. The van der Waals surface area contributed by atoms with Crippen molar-refractivity contribution < 1.29 is 4.79 Å². The highest BCUT2D eigenvalue weighted by Crippen LogP contribution is 2.36. The molecule has 0 radical (unpaired) electrons. The minimum Gasteiger partial charge on any atom is -0.342 e. The third-order valence-electron chi connectivity index (χ3n) is 6.53. The lowest BCUT2D eigenvalue weighted by atomic mass is 9.84. The average Bonchev–Trinajstić information content (AvgIpc) is 3.39. The zero-order chi connectivity index (χ0) is 19.8. The van der Waals surface area contributed by atoms with Gasteiger partial charge in [-0.2, -0.15) is 0 Å². The molecule has 3 heterocycles. The lowest BCUT2D eigenvalue weighted by Crippen LogP contribution is -2.29. The molecule has 0 N–H and O–H groups in total. The van der Waals surface area contributed by atoms with Gasteiger partial charge in [0.2, 0.25) is 5.91 Å². The number of fused-ring (bicyclic) bond motifs is 1. The zero-order valence-corrected chi connectivity index (χ0v) is 17.8. The fraction of sp³-hybridized carbons (Fsp3) is 0.522. The van der Waals surface area contributed by atoms with Crippen LogP contribution in [0.25, 0.3) is 10.2 Å². The first-order valence-electron chi connectivity index (χ1n) is 10.8. The second-order valence-corrected chi connectivity index (χ2v) is 9.68. The van der Waals surface area contributed by atoms with Crippen molar-refractivity contribution in [3.63, 3.8) is 0 Å². The summed E-state index contributed by atoms with van der Waals surface area (Å²) in [6.07, 6.45) is 8.29. The molecular weight excluding hydrogens is 380 g/mol. The Hall–Kier alpha value is -2.21. The maximum absolute atomic E-state index is 12.8. The first-order valence-corrected chi connectivity index (χ1v) is 11.6. The molecule has 152 valence electrons. The molecule has 1 amide bonds. The number of thiazole rings is 1. The predicted octanol–water partition coefficient (Wildman–Crippen LogP) is 4.55. The van der Waals surface area contributed by atoms with Gasteiger partial charge < -0.3 is 9.47 Å². The maximum atomic E-state index is 12.8. The van der Waals surface area contributed by atoms with E-state index in [1.807, 2.05) is 24.4 Å². The van der Waals surface area contributed by atoms with E-state index in [0.29, 0.717) is 18.3 Å². The summed E-state index contributed by atoms with van der Waals surface area (Å²) in [6.45, 7) is 4.92. The predicted molar refractivity (Wildman–Crippen MR) is 116 cm³/mol. The van der Waals surface area contributed by atoms with Crippen LogP contribution in [0, 0.1) is 12.8 Å². The van der Waals surface area contributed by atoms with E-state index >= 15 is 0 Å². The number of carbonyl (C=O) groups is 1. The highest BCUT2D eigenvalue weighted by Gasteiger charge is 2.29. The Bertz CT molecular complexity index is 986. The van der Waals surface area contributed by atoms with E-state index in [1.54, 1.807) is 11.3 Å². The number of hydrogen-bond donors (Lipinski definition) is 0. The molecule has 1 saturated carbocycles. The molecule has 5 nitrogen and oxygen atoms in total. The van der Waals surface area contributed by atoms with Gasteiger partial charge in [-0.1, -0.05) is 18.6 Å². The molecule has 2 aromatic heterocycles.